The Hall–Kier alpha value is -3.72. The second-order valence-electron chi connectivity index (χ2n) is 8.51. The van der Waals surface area contributed by atoms with Crippen molar-refractivity contribution in [2.75, 3.05) is 46.4 Å². The van der Waals surface area contributed by atoms with Gasteiger partial charge in [0.25, 0.3) is 5.91 Å². The Morgan fingerprint density at radius 1 is 1.06 bits per heavy atom. The molecule has 2 aromatic carbocycles. The van der Waals surface area contributed by atoms with E-state index in [2.05, 4.69) is 10.2 Å². The van der Waals surface area contributed by atoms with Crippen LogP contribution in [-0.4, -0.2) is 79.0 Å². The van der Waals surface area contributed by atoms with E-state index in [4.69, 9.17) is 4.74 Å². The lowest BCUT2D eigenvalue weighted by molar-refractivity contribution is -0.139. The summed E-state index contributed by atoms with van der Waals surface area (Å²) >= 11 is 0. The highest BCUT2D eigenvalue weighted by atomic mass is 19.1. The molecule has 2 aliphatic heterocycles. The van der Waals surface area contributed by atoms with Gasteiger partial charge in [-0.1, -0.05) is 30.3 Å². The van der Waals surface area contributed by atoms with Crippen LogP contribution in [0.5, 0.6) is 0 Å². The molecule has 2 heterocycles. The van der Waals surface area contributed by atoms with Gasteiger partial charge in [0.1, 0.15) is 5.82 Å². The molecule has 2 aliphatic rings. The number of hydrogen-bond donors (Lipinski definition) is 1. The molecule has 8 nitrogen and oxygen atoms in total. The van der Waals surface area contributed by atoms with Gasteiger partial charge in [0.05, 0.1) is 18.2 Å². The zero-order chi connectivity index (χ0) is 24.9. The molecular weight excluding hydrogens is 451 g/mol. The lowest BCUT2D eigenvalue weighted by Crippen LogP contribution is -2.53. The first kappa shape index (κ1) is 24.4. The third-order valence-corrected chi connectivity index (χ3v) is 6.31. The molecule has 1 saturated heterocycles. The van der Waals surface area contributed by atoms with Crippen LogP contribution >= 0.6 is 0 Å². The van der Waals surface area contributed by atoms with Crippen LogP contribution in [0.15, 0.2) is 65.9 Å². The topological polar surface area (TPSA) is 82.2 Å². The zero-order valence-corrected chi connectivity index (χ0v) is 19.9. The van der Waals surface area contributed by atoms with Gasteiger partial charge in [-0.2, -0.15) is 0 Å². The fourth-order valence-electron chi connectivity index (χ4n) is 4.42. The van der Waals surface area contributed by atoms with E-state index in [-0.39, 0.29) is 24.1 Å². The Kier molecular flexibility index (Phi) is 7.45. The van der Waals surface area contributed by atoms with E-state index in [1.807, 2.05) is 18.2 Å². The molecular formula is C26H29FN4O4. The standard InChI is InChI=1S/C26H29FN4O4/c1-3-35-25(33)22-21(29(2)26(34)28-23(22)19-10-7-11-20(27)16-19)17-30-12-14-31(15-13-30)24(32)18-8-5-4-6-9-18/h4-11,16,23H,3,12-15,17H2,1-2H3,(H,28,34)/t23-/m0/s1. The molecule has 1 atom stereocenters. The first-order valence-corrected chi connectivity index (χ1v) is 11.7. The number of piperazine rings is 1. The number of halogens is 1. The number of nitrogens with zero attached hydrogens (tertiary/aromatic N) is 3. The van der Waals surface area contributed by atoms with E-state index >= 15 is 0 Å². The van der Waals surface area contributed by atoms with Gasteiger partial charge in [-0.3, -0.25) is 14.6 Å². The van der Waals surface area contributed by atoms with Crippen molar-refractivity contribution < 1.29 is 23.5 Å². The summed E-state index contributed by atoms with van der Waals surface area (Å²) in [5.74, 6) is -1.03. The Bertz CT molecular complexity index is 1130. The maximum absolute atomic E-state index is 14.0. The minimum absolute atomic E-state index is 0.0167. The van der Waals surface area contributed by atoms with Crippen LogP contribution in [0.4, 0.5) is 9.18 Å². The van der Waals surface area contributed by atoms with Gasteiger partial charge < -0.3 is 15.0 Å². The van der Waals surface area contributed by atoms with Gasteiger partial charge in [0.15, 0.2) is 0 Å². The fraction of sp³-hybridized carbons (Fsp3) is 0.346. The molecule has 9 heteroatoms. The third-order valence-electron chi connectivity index (χ3n) is 6.31. The number of esters is 1. The number of benzene rings is 2. The van der Waals surface area contributed by atoms with E-state index in [9.17, 15) is 18.8 Å². The van der Waals surface area contributed by atoms with Gasteiger partial charge in [0, 0.05) is 51.0 Å². The third kappa shape index (κ3) is 5.35. The Labute approximate surface area is 203 Å². The molecule has 35 heavy (non-hydrogen) atoms. The van der Waals surface area contributed by atoms with E-state index in [1.54, 1.807) is 43.1 Å². The van der Waals surface area contributed by atoms with Crippen LogP contribution < -0.4 is 5.32 Å². The molecule has 184 valence electrons. The second-order valence-corrected chi connectivity index (χ2v) is 8.51. The average molecular weight is 481 g/mol. The summed E-state index contributed by atoms with van der Waals surface area (Å²) in [6, 6.07) is 13.8. The molecule has 0 aromatic heterocycles. The number of ether oxygens (including phenoxy) is 1. The number of hydrogen-bond acceptors (Lipinski definition) is 5. The summed E-state index contributed by atoms with van der Waals surface area (Å²) in [5, 5.41) is 2.80. The highest BCUT2D eigenvalue weighted by Crippen LogP contribution is 2.32. The maximum Gasteiger partial charge on any atom is 0.338 e. The van der Waals surface area contributed by atoms with Crippen molar-refractivity contribution in [1.29, 1.82) is 0 Å². The van der Waals surface area contributed by atoms with Crippen molar-refractivity contribution in [3.8, 4) is 0 Å². The normalized spacial score (nSPS) is 18.9. The molecule has 0 bridgehead atoms. The van der Waals surface area contributed by atoms with Gasteiger partial charge in [-0.15, -0.1) is 0 Å². The number of rotatable bonds is 6. The van der Waals surface area contributed by atoms with Crippen molar-refractivity contribution in [2.24, 2.45) is 0 Å². The first-order valence-electron chi connectivity index (χ1n) is 11.7. The van der Waals surface area contributed by atoms with E-state index in [0.717, 1.165) is 0 Å². The monoisotopic (exact) mass is 480 g/mol. The summed E-state index contributed by atoms with van der Waals surface area (Å²) in [6.45, 7) is 4.42. The quantitative estimate of drug-likeness (QED) is 0.643. The van der Waals surface area contributed by atoms with E-state index < -0.39 is 17.8 Å². The van der Waals surface area contributed by atoms with E-state index in [1.165, 1.54) is 17.0 Å². The van der Waals surface area contributed by atoms with Crippen LogP contribution in [0, 0.1) is 5.82 Å². The number of likely N-dealkylation sites (N-methyl/N-ethyl adjacent to an activating group) is 1. The Morgan fingerprint density at radius 2 is 1.77 bits per heavy atom. The van der Waals surface area contributed by atoms with Crippen molar-refractivity contribution in [3.63, 3.8) is 0 Å². The molecule has 1 N–H and O–H groups in total. The molecule has 0 radical (unpaired) electrons. The predicted octanol–water partition coefficient (Wildman–Crippen LogP) is 2.80. The summed E-state index contributed by atoms with van der Waals surface area (Å²) in [6.07, 6.45) is 0. The maximum atomic E-state index is 14.0. The molecule has 2 aromatic rings. The molecule has 0 aliphatic carbocycles. The first-order chi connectivity index (χ1) is 16.9. The Balaban J connectivity index is 1.57. The van der Waals surface area contributed by atoms with Crippen LogP contribution in [-0.2, 0) is 9.53 Å². The fourth-order valence-corrected chi connectivity index (χ4v) is 4.42. The Morgan fingerprint density at radius 3 is 2.43 bits per heavy atom. The largest absolute Gasteiger partial charge is 0.463 e. The highest BCUT2D eigenvalue weighted by Gasteiger charge is 2.38. The number of carbonyl (C=O) groups is 3. The number of carbonyl (C=O) groups excluding carboxylic acids is 3. The van der Waals surface area contributed by atoms with Crippen LogP contribution in [0.2, 0.25) is 0 Å². The zero-order valence-electron chi connectivity index (χ0n) is 19.9. The van der Waals surface area contributed by atoms with Crippen molar-refractivity contribution in [3.05, 3.63) is 82.8 Å². The number of amides is 3. The van der Waals surface area contributed by atoms with Crippen LogP contribution in [0.1, 0.15) is 28.9 Å². The summed E-state index contributed by atoms with van der Waals surface area (Å²) in [4.78, 5) is 43.9. The molecule has 4 rings (SSSR count). The predicted molar refractivity (Wildman–Crippen MR) is 128 cm³/mol. The van der Waals surface area contributed by atoms with Crippen molar-refractivity contribution in [1.82, 2.24) is 20.0 Å². The molecule has 0 saturated carbocycles. The molecule has 3 amide bonds. The van der Waals surface area contributed by atoms with Gasteiger partial charge in [0.2, 0.25) is 0 Å². The van der Waals surface area contributed by atoms with E-state index in [0.29, 0.717) is 49.5 Å². The van der Waals surface area contributed by atoms with Crippen molar-refractivity contribution >= 4 is 17.9 Å². The SMILES string of the molecule is CCOC(=O)C1=C(CN2CCN(C(=O)c3ccccc3)CC2)N(C)C(=O)N[C@H]1c1cccc(F)c1. The van der Waals surface area contributed by atoms with Gasteiger partial charge in [-0.25, -0.2) is 14.0 Å². The summed E-state index contributed by atoms with van der Waals surface area (Å²) < 4.78 is 19.3. The summed E-state index contributed by atoms with van der Waals surface area (Å²) in [5.41, 5.74) is 1.90. The van der Waals surface area contributed by atoms with Gasteiger partial charge >= 0.3 is 12.0 Å². The second kappa shape index (κ2) is 10.7. The van der Waals surface area contributed by atoms with Gasteiger partial charge in [-0.05, 0) is 36.8 Å². The highest BCUT2D eigenvalue weighted by molar-refractivity contribution is 5.95. The molecule has 1 fully saturated rings. The molecule has 0 unspecified atom stereocenters. The van der Waals surface area contributed by atoms with Crippen LogP contribution in [0.25, 0.3) is 0 Å². The van der Waals surface area contributed by atoms with Crippen molar-refractivity contribution in [2.45, 2.75) is 13.0 Å². The number of nitrogens with one attached hydrogen (secondary N) is 1. The van der Waals surface area contributed by atoms with Crippen LogP contribution in [0.3, 0.4) is 0 Å². The molecule has 0 spiro atoms. The number of urea groups is 1. The average Bonchev–Trinajstić information content (AvgIpc) is 2.87. The minimum Gasteiger partial charge on any atom is -0.463 e. The lowest BCUT2D eigenvalue weighted by atomic mass is 9.94. The lowest BCUT2D eigenvalue weighted by Gasteiger charge is -2.39. The smallest absolute Gasteiger partial charge is 0.338 e. The summed E-state index contributed by atoms with van der Waals surface area (Å²) in [7, 11) is 1.60. The minimum atomic E-state index is -0.829.